The van der Waals surface area contributed by atoms with Crippen molar-refractivity contribution in [3.63, 3.8) is 0 Å². The smallest absolute Gasteiger partial charge is 0.260 e. The molecule has 1 aliphatic rings. The molecule has 34 heavy (non-hydrogen) atoms. The van der Waals surface area contributed by atoms with Gasteiger partial charge in [-0.1, -0.05) is 30.3 Å². The highest BCUT2D eigenvalue weighted by Crippen LogP contribution is 2.27. The Morgan fingerprint density at radius 1 is 1.24 bits per heavy atom. The van der Waals surface area contributed by atoms with Crippen molar-refractivity contribution in [1.29, 1.82) is 0 Å². The first-order valence-electron chi connectivity index (χ1n) is 11.5. The summed E-state index contributed by atoms with van der Waals surface area (Å²) >= 11 is 1.23. The fraction of sp³-hybridized carbons (Fsp3) is 0.500. The normalized spacial score (nSPS) is 15.0. The second kappa shape index (κ2) is 12.5. The molecule has 0 bridgehead atoms. The number of hydrogen-bond acceptors (Lipinski definition) is 7. The van der Waals surface area contributed by atoms with Gasteiger partial charge in [0.25, 0.3) is 5.91 Å². The number of rotatable bonds is 11. The number of carbonyl (C=O) groups is 3. The number of aryl methyl sites for hydroxylation is 1. The quantitative estimate of drug-likeness (QED) is 0.499. The van der Waals surface area contributed by atoms with Crippen LogP contribution in [0.3, 0.4) is 0 Å². The summed E-state index contributed by atoms with van der Waals surface area (Å²) in [5.41, 5.74) is 0.824. The molecule has 1 fully saturated rings. The van der Waals surface area contributed by atoms with Crippen molar-refractivity contribution in [1.82, 2.24) is 15.4 Å². The number of hydrogen-bond donors (Lipinski definition) is 2. The molecule has 1 aromatic heterocycles. The monoisotopic (exact) mass is 488 g/mol. The molecule has 0 radical (unpaired) electrons. The van der Waals surface area contributed by atoms with Crippen LogP contribution in [0, 0.1) is 6.92 Å². The van der Waals surface area contributed by atoms with Crippen molar-refractivity contribution < 1.29 is 23.6 Å². The second-order valence-electron chi connectivity index (χ2n) is 8.21. The van der Waals surface area contributed by atoms with Crippen molar-refractivity contribution >= 4 is 35.3 Å². The third-order valence-electron chi connectivity index (χ3n) is 5.56. The van der Waals surface area contributed by atoms with Gasteiger partial charge in [-0.2, -0.15) is 0 Å². The molecule has 2 atom stereocenters. The summed E-state index contributed by atoms with van der Waals surface area (Å²) in [5, 5.41) is 8.98. The maximum absolute atomic E-state index is 12.6. The SMILES string of the molecule is CCC(NC(=O)CSC(C)C(=O)Nc1cc(C)on1)c1ccccc1OCC(=O)N1CCCC1. The number of nitrogens with one attached hydrogen (secondary N) is 2. The van der Waals surface area contributed by atoms with E-state index in [0.717, 1.165) is 31.5 Å². The van der Waals surface area contributed by atoms with E-state index in [2.05, 4.69) is 15.8 Å². The van der Waals surface area contributed by atoms with Crippen molar-refractivity contribution in [2.24, 2.45) is 0 Å². The Balaban J connectivity index is 1.51. The molecule has 2 N–H and O–H groups in total. The van der Waals surface area contributed by atoms with Crippen LogP contribution in [0.25, 0.3) is 0 Å². The minimum atomic E-state index is -0.449. The molecule has 10 heteroatoms. The van der Waals surface area contributed by atoms with E-state index >= 15 is 0 Å². The summed E-state index contributed by atoms with van der Waals surface area (Å²) in [5.74, 6) is 1.21. The Kier molecular flexibility index (Phi) is 9.38. The van der Waals surface area contributed by atoms with Crippen LogP contribution in [0.4, 0.5) is 5.82 Å². The van der Waals surface area contributed by atoms with Gasteiger partial charge in [0.1, 0.15) is 11.5 Å². The van der Waals surface area contributed by atoms with Crippen LogP contribution in [0.15, 0.2) is 34.9 Å². The number of likely N-dealkylation sites (tertiary alicyclic amines) is 1. The molecule has 0 spiro atoms. The van der Waals surface area contributed by atoms with Crippen LogP contribution < -0.4 is 15.4 Å². The van der Waals surface area contributed by atoms with E-state index < -0.39 is 5.25 Å². The Hall–Kier alpha value is -3.01. The molecule has 3 amide bonds. The molecule has 184 valence electrons. The predicted molar refractivity (Wildman–Crippen MR) is 131 cm³/mol. The topological polar surface area (TPSA) is 114 Å². The van der Waals surface area contributed by atoms with Crippen molar-refractivity contribution in [2.45, 2.75) is 51.3 Å². The average molecular weight is 489 g/mol. The maximum atomic E-state index is 12.6. The average Bonchev–Trinajstić information content (AvgIpc) is 3.51. The molecule has 1 saturated heterocycles. The summed E-state index contributed by atoms with van der Waals surface area (Å²) < 4.78 is 10.8. The van der Waals surface area contributed by atoms with Gasteiger partial charge in [-0.15, -0.1) is 11.8 Å². The van der Waals surface area contributed by atoms with Gasteiger partial charge in [0.2, 0.25) is 11.8 Å². The molecule has 2 unspecified atom stereocenters. The Bertz CT molecular complexity index is 989. The Morgan fingerprint density at radius 3 is 2.65 bits per heavy atom. The molecule has 1 aromatic carbocycles. The van der Waals surface area contributed by atoms with Crippen LogP contribution >= 0.6 is 11.8 Å². The summed E-state index contributed by atoms with van der Waals surface area (Å²) in [6.45, 7) is 6.99. The van der Waals surface area contributed by atoms with Crippen LogP contribution in [0.5, 0.6) is 5.75 Å². The van der Waals surface area contributed by atoms with E-state index in [1.54, 1.807) is 19.9 Å². The number of ether oxygens (including phenoxy) is 1. The molecule has 0 saturated carbocycles. The Morgan fingerprint density at radius 2 is 1.97 bits per heavy atom. The number of thioether (sulfide) groups is 1. The van der Waals surface area contributed by atoms with Gasteiger partial charge in [0.15, 0.2) is 12.4 Å². The van der Waals surface area contributed by atoms with Gasteiger partial charge in [-0.25, -0.2) is 0 Å². The van der Waals surface area contributed by atoms with E-state index in [4.69, 9.17) is 9.26 Å². The summed E-state index contributed by atoms with van der Waals surface area (Å²) in [6, 6.07) is 8.80. The Labute approximate surface area is 204 Å². The van der Waals surface area contributed by atoms with Crippen molar-refractivity contribution in [2.75, 3.05) is 30.8 Å². The molecule has 2 heterocycles. The fourth-order valence-electron chi connectivity index (χ4n) is 3.66. The van der Waals surface area contributed by atoms with E-state index in [-0.39, 0.29) is 36.1 Å². The van der Waals surface area contributed by atoms with Crippen LogP contribution in [-0.2, 0) is 14.4 Å². The largest absolute Gasteiger partial charge is 0.483 e. The first-order chi connectivity index (χ1) is 16.4. The lowest BCUT2D eigenvalue weighted by atomic mass is 10.0. The number of nitrogens with zero attached hydrogens (tertiary/aromatic N) is 2. The standard InChI is InChI=1S/C24H32N4O5S/c1-4-19(18-9-5-6-10-20(18)32-14-23(30)28-11-7-8-12-28)25-22(29)15-34-17(3)24(31)26-21-13-16(2)33-27-21/h5-6,9-10,13,17,19H,4,7-8,11-12,14-15H2,1-3H3,(H,25,29)(H,26,27,31). The van der Waals surface area contributed by atoms with Crippen molar-refractivity contribution in [3.8, 4) is 5.75 Å². The van der Waals surface area contributed by atoms with Gasteiger partial charge in [0.05, 0.1) is 17.0 Å². The second-order valence-corrected chi connectivity index (χ2v) is 9.54. The van der Waals surface area contributed by atoms with Crippen LogP contribution in [-0.4, -0.2) is 58.5 Å². The van der Waals surface area contributed by atoms with Crippen LogP contribution in [0.1, 0.15) is 50.5 Å². The van der Waals surface area contributed by atoms with Gasteiger partial charge < -0.3 is 24.8 Å². The first kappa shape index (κ1) is 25.6. The number of benzene rings is 1. The van der Waals surface area contributed by atoms with Gasteiger partial charge in [0, 0.05) is 24.7 Å². The number of para-hydroxylation sites is 1. The highest BCUT2D eigenvalue weighted by Gasteiger charge is 2.22. The summed E-state index contributed by atoms with van der Waals surface area (Å²) in [7, 11) is 0. The predicted octanol–water partition coefficient (Wildman–Crippen LogP) is 3.31. The van der Waals surface area contributed by atoms with Gasteiger partial charge in [-0.3, -0.25) is 14.4 Å². The number of amides is 3. The molecular weight excluding hydrogens is 456 g/mol. The highest BCUT2D eigenvalue weighted by atomic mass is 32.2. The third-order valence-corrected chi connectivity index (χ3v) is 6.70. The lowest BCUT2D eigenvalue weighted by Crippen LogP contribution is -2.33. The first-order valence-corrected chi connectivity index (χ1v) is 12.6. The lowest BCUT2D eigenvalue weighted by molar-refractivity contribution is -0.132. The number of aromatic nitrogens is 1. The minimum absolute atomic E-state index is 0.0189. The van der Waals surface area contributed by atoms with E-state index in [1.807, 2.05) is 36.1 Å². The minimum Gasteiger partial charge on any atom is -0.483 e. The molecular formula is C24H32N4O5S. The van der Waals surface area contributed by atoms with Crippen LogP contribution in [0.2, 0.25) is 0 Å². The third kappa shape index (κ3) is 7.24. The summed E-state index contributed by atoms with van der Waals surface area (Å²) in [4.78, 5) is 39.1. The molecule has 2 aromatic rings. The van der Waals surface area contributed by atoms with Gasteiger partial charge in [-0.05, 0) is 39.2 Å². The number of carbonyl (C=O) groups excluding carboxylic acids is 3. The molecule has 0 aliphatic carbocycles. The summed E-state index contributed by atoms with van der Waals surface area (Å²) in [6.07, 6.45) is 2.72. The maximum Gasteiger partial charge on any atom is 0.260 e. The molecule has 9 nitrogen and oxygen atoms in total. The van der Waals surface area contributed by atoms with E-state index in [1.165, 1.54) is 11.8 Å². The number of anilines is 1. The lowest BCUT2D eigenvalue weighted by Gasteiger charge is -2.22. The zero-order valence-corrected chi connectivity index (χ0v) is 20.7. The molecule has 1 aliphatic heterocycles. The fourth-order valence-corrected chi connectivity index (χ4v) is 4.36. The highest BCUT2D eigenvalue weighted by molar-refractivity contribution is 8.01. The zero-order chi connectivity index (χ0) is 24.5. The van der Waals surface area contributed by atoms with Crippen molar-refractivity contribution in [3.05, 3.63) is 41.7 Å². The van der Waals surface area contributed by atoms with Gasteiger partial charge >= 0.3 is 0 Å². The van der Waals surface area contributed by atoms with E-state index in [9.17, 15) is 14.4 Å². The van der Waals surface area contributed by atoms with E-state index in [0.29, 0.717) is 23.7 Å². The zero-order valence-electron chi connectivity index (χ0n) is 19.8. The molecule has 3 rings (SSSR count).